The van der Waals surface area contributed by atoms with Crippen molar-refractivity contribution in [2.24, 2.45) is 5.41 Å². The van der Waals surface area contributed by atoms with Gasteiger partial charge in [0.05, 0.1) is 6.61 Å². The molecule has 0 saturated heterocycles. The van der Waals surface area contributed by atoms with Gasteiger partial charge in [0.1, 0.15) is 5.75 Å². The third-order valence-corrected chi connectivity index (χ3v) is 4.67. The van der Waals surface area contributed by atoms with E-state index in [1.165, 1.54) is 5.56 Å². The van der Waals surface area contributed by atoms with Crippen LogP contribution < -0.4 is 4.74 Å². The fourth-order valence-corrected chi connectivity index (χ4v) is 1.91. The number of benzene rings is 1. The van der Waals surface area contributed by atoms with Gasteiger partial charge in [0.2, 0.25) is 0 Å². The van der Waals surface area contributed by atoms with Crippen LogP contribution in [0.5, 0.6) is 5.75 Å². The van der Waals surface area contributed by atoms with E-state index in [9.17, 15) is 0 Å². The molecule has 0 saturated carbocycles. The quantitative estimate of drug-likeness (QED) is 0.708. The Morgan fingerprint density at radius 3 is 2.59 bits per heavy atom. The van der Waals surface area contributed by atoms with E-state index in [0.717, 1.165) is 25.2 Å². The van der Waals surface area contributed by atoms with E-state index in [0.29, 0.717) is 10.2 Å². The molecule has 0 heterocycles. The Morgan fingerprint density at radius 1 is 1.29 bits per heavy atom. The SMILES string of the molecule is CCOc1cccc(CCC(Br)C(C)(C)C)c1. The van der Waals surface area contributed by atoms with Crippen LogP contribution in [0.4, 0.5) is 0 Å². The van der Waals surface area contributed by atoms with Gasteiger partial charge in [-0.3, -0.25) is 0 Å². The first-order valence-corrected chi connectivity index (χ1v) is 7.21. The van der Waals surface area contributed by atoms with Gasteiger partial charge in [-0.2, -0.15) is 0 Å². The maximum absolute atomic E-state index is 5.51. The highest BCUT2D eigenvalue weighted by Gasteiger charge is 2.21. The Balaban J connectivity index is 2.54. The van der Waals surface area contributed by atoms with Crippen LogP contribution in [0.1, 0.15) is 39.7 Å². The van der Waals surface area contributed by atoms with Gasteiger partial charge in [-0.25, -0.2) is 0 Å². The van der Waals surface area contributed by atoms with Gasteiger partial charge in [0.25, 0.3) is 0 Å². The molecule has 1 aromatic rings. The fourth-order valence-electron chi connectivity index (χ4n) is 1.68. The molecule has 1 rings (SSSR count). The average molecular weight is 299 g/mol. The highest BCUT2D eigenvalue weighted by Crippen LogP contribution is 2.30. The van der Waals surface area contributed by atoms with Gasteiger partial charge in [0.15, 0.2) is 0 Å². The number of halogens is 1. The molecule has 0 bridgehead atoms. The van der Waals surface area contributed by atoms with Gasteiger partial charge < -0.3 is 4.74 Å². The second-order valence-corrected chi connectivity index (χ2v) is 6.56. The van der Waals surface area contributed by atoms with Crippen LogP contribution in [0, 0.1) is 5.41 Å². The monoisotopic (exact) mass is 298 g/mol. The van der Waals surface area contributed by atoms with Crippen molar-refractivity contribution in [2.45, 2.75) is 45.4 Å². The molecule has 1 nitrogen and oxygen atoms in total. The molecule has 0 aliphatic heterocycles. The topological polar surface area (TPSA) is 9.23 Å². The molecular weight excluding hydrogens is 276 g/mol. The summed E-state index contributed by atoms with van der Waals surface area (Å²) in [4.78, 5) is 0.547. The smallest absolute Gasteiger partial charge is 0.119 e. The molecule has 0 radical (unpaired) electrons. The fraction of sp³-hybridized carbons (Fsp3) is 0.600. The van der Waals surface area contributed by atoms with Crippen LogP contribution in [0.3, 0.4) is 0 Å². The minimum absolute atomic E-state index is 0.317. The molecule has 1 atom stereocenters. The van der Waals surface area contributed by atoms with Gasteiger partial charge in [-0.15, -0.1) is 0 Å². The number of ether oxygens (including phenoxy) is 1. The lowest BCUT2D eigenvalue weighted by molar-refractivity contribution is 0.339. The summed E-state index contributed by atoms with van der Waals surface area (Å²) in [6, 6.07) is 8.40. The summed E-state index contributed by atoms with van der Waals surface area (Å²) in [6.07, 6.45) is 2.24. The van der Waals surface area contributed by atoms with Crippen molar-refractivity contribution in [2.75, 3.05) is 6.61 Å². The van der Waals surface area contributed by atoms with Crippen LogP contribution in [0.2, 0.25) is 0 Å². The highest BCUT2D eigenvalue weighted by molar-refractivity contribution is 9.09. The predicted molar refractivity (Wildman–Crippen MR) is 78.1 cm³/mol. The van der Waals surface area contributed by atoms with Crippen molar-refractivity contribution in [3.8, 4) is 5.75 Å². The zero-order valence-electron chi connectivity index (χ0n) is 11.3. The lowest BCUT2D eigenvalue weighted by atomic mass is 9.89. The Bertz CT molecular complexity index is 341. The predicted octanol–water partition coefficient (Wildman–Crippen LogP) is 4.83. The largest absolute Gasteiger partial charge is 0.494 e. The van der Waals surface area contributed by atoms with Crippen molar-refractivity contribution in [3.05, 3.63) is 29.8 Å². The summed E-state index contributed by atoms with van der Waals surface area (Å²) in [5.41, 5.74) is 1.67. The zero-order valence-corrected chi connectivity index (χ0v) is 12.9. The second kappa shape index (κ2) is 6.44. The lowest BCUT2D eigenvalue weighted by Crippen LogP contribution is -2.20. The first-order chi connectivity index (χ1) is 7.93. The molecule has 0 aliphatic rings. The molecule has 17 heavy (non-hydrogen) atoms. The first-order valence-electron chi connectivity index (χ1n) is 6.29. The third kappa shape index (κ3) is 5.12. The lowest BCUT2D eigenvalue weighted by Gasteiger charge is -2.25. The number of aryl methyl sites for hydroxylation is 1. The number of hydrogen-bond donors (Lipinski definition) is 0. The molecule has 0 fully saturated rings. The van der Waals surface area contributed by atoms with E-state index in [1.54, 1.807) is 0 Å². The Labute approximate surface area is 114 Å². The molecule has 1 aromatic carbocycles. The Hall–Kier alpha value is -0.500. The van der Waals surface area contributed by atoms with Gasteiger partial charge in [0, 0.05) is 4.83 Å². The summed E-state index contributed by atoms with van der Waals surface area (Å²) >= 11 is 3.77. The molecule has 0 aliphatic carbocycles. The summed E-state index contributed by atoms with van der Waals surface area (Å²) < 4.78 is 5.51. The molecule has 0 aromatic heterocycles. The van der Waals surface area contributed by atoms with Crippen molar-refractivity contribution in [3.63, 3.8) is 0 Å². The molecular formula is C15H23BrO. The minimum Gasteiger partial charge on any atom is -0.494 e. The minimum atomic E-state index is 0.317. The van der Waals surface area contributed by atoms with Crippen molar-refractivity contribution < 1.29 is 4.74 Å². The Morgan fingerprint density at radius 2 is 2.00 bits per heavy atom. The van der Waals surface area contributed by atoms with E-state index >= 15 is 0 Å². The number of hydrogen-bond acceptors (Lipinski definition) is 1. The molecule has 1 unspecified atom stereocenters. The second-order valence-electron chi connectivity index (χ2n) is 5.45. The maximum atomic E-state index is 5.51. The summed E-state index contributed by atoms with van der Waals surface area (Å²) in [5, 5.41) is 0. The highest BCUT2D eigenvalue weighted by atomic mass is 79.9. The van der Waals surface area contributed by atoms with Gasteiger partial charge in [-0.05, 0) is 42.9 Å². The molecule has 96 valence electrons. The number of rotatable bonds is 5. The van der Waals surface area contributed by atoms with E-state index < -0.39 is 0 Å². The molecule has 2 heteroatoms. The van der Waals surface area contributed by atoms with Crippen LogP contribution in [-0.2, 0) is 6.42 Å². The van der Waals surface area contributed by atoms with Crippen LogP contribution in [0.15, 0.2) is 24.3 Å². The van der Waals surface area contributed by atoms with Gasteiger partial charge in [-0.1, -0.05) is 48.8 Å². The Kier molecular flexibility index (Phi) is 5.51. The van der Waals surface area contributed by atoms with Gasteiger partial charge >= 0.3 is 0 Å². The summed E-state index contributed by atoms with van der Waals surface area (Å²) in [6.45, 7) is 9.54. The van der Waals surface area contributed by atoms with Crippen LogP contribution in [-0.4, -0.2) is 11.4 Å². The van der Waals surface area contributed by atoms with E-state index in [2.05, 4.69) is 54.9 Å². The van der Waals surface area contributed by atoms with E-state index in [1.807, 2.05) is 13.0 Å². The normalized spacial score (nSPS) is 13.5. The molecule has 0 N–H and O–H groups in total. The van der Waals surface area contributed by atoms with E-state index in [4.69, 9.17) is 4.74 Å². The number of alkyl halides is 1. The van der Waals surface area contributed by atoms with Crippen molar-refractivity contribution in [1.29, 1.82) is 0 Å². The first kappa shape index (κ1) is 14.6. The molecule has 0 amide bonds. The summed E-state index contributed by atoms with van der Waals surface area (Å²) in [5.74, 6) is 0.979. The zero-order chi connectivity index (χ0) is 12.9. The van der Waals surface area contributed by atoms with Crippen LogP contribution >= 0.6 is 15.9 Å². The summed E-state index contributed by atoms with van der Waals surface area (Å²) in [7, 11) is 0. The average Bonchev–Trinajstić information content (AvgIpc) is 2.25. The maximum Gasteiger partial charge on any atom is 0.119 e. The van der Waals surface area contributed by atoms with Crippen molar-refractivity contribution in [1.82, 2.24) is 0 Å². The standard InChI is InChI=1S/C15H23BrO/c1-5-17-13-8-6-7-12(11-13)9-10-14(16)15(2,3)4/h6-8,11,14H,5,9-10H2,1-4H3. The molecule has 0 spiro atoms. The van der Waals surface area contributed by atoms with Crippen molar-refractivity contribution >= 4 is 15.9 Å². The van der Waals surface area contributed by atoms with Crippen LogP contribution in [0.25, 0.3) is 0 Å². The third-order valence-electron chi connectivity index (χ3n) is 2.84. The van der Waals surface area contributed by atoms with E-state index in [-0.39, 0.29) is 0 Å².